The number of aliphatic hydroxyl groups is 1. The third-order valence-corrected chi connectivity index (χ3v) is 6.53. The maximum absolute atomic E-state index is 13.1. The zero-order valence-electron chi connectivity index (χ0n) is 17.5. The second-order valence-electron chi connectivity index (χ2n) is 8.46. The molecule has 0 radical (unpaired) electrons. The Morgan fingerprint density at radius 2 is 1.94 bits per heavy atom. The standard InChI is InChI=1S/C23H26F2N2O3S/c1-23(2)21(29)20(17-12-16(31-22(24)25)8-9-18(17)30-23)27-11-10-26(14-19(27)28)13-15-6-4-3-5-7-15/h3-9,12,20-22,29H,10-11,13-14H2,1-2H3. The van der Waals surface area contributed by atoms with Crippen LogP contribution in [0.3, 0.4) is 0 Å². The van der Waals surface area contributed by atoms with Gasteiger partial charge in [0.1, 0.15) is 17.5 Å². The van der Waals surface area contributed by atoms with E-state index in [1.54, 1.807) is 36.9 Å². The van der Waals surface area contributed by atoms with Crippen LogP contribution >= 0.6 is 11.8 Å². The second-order valence-corrected chi connectivity index (χ2v) is 9.52. The van der Waals surface area contributed by atoms with E-state index in [1.807, 2.05) is 30.3 Å². The van der Waals surface area contributed by atoms with Crippen molar-refractivity contribution in [3.63, 3.8) is 0 Å². The van der Waals surface area contributed by atoms with Gasteiger partial charge in [-0.15, -0.1) is 0 Å². The Kier molecular flexibility index (Phi) is 6.23. The van der Waals surface area contributed by atoms with Crippen LogP contribution in [-0.4, -0.2) is 57.9 Å². The van der Waals surface area contributed by atoms with E-state index in [0.29, 0.717) is 47.6 Å². The summed E-state index contributed by atoms with van der Waals surface area (Å²) in [6.07, 6.45) is -0.989. The number of thioether (sulfide) groups is 1. The third kappa shape index (κ3) is 4.71. The summed E-state index contributed by atoms with van der Waals surface area (Å²) in [5, 5.41) is 11.1. The molecule has 1 fully saturated rings. The normalized spacial score (nSPS) is 23.5. The van der Waals surface area contributed by atoms with Gasteiger partial charge in [-0.2, -0.15) is 8.78 Å². The largest absolute Gasteiger partial charge is 0.485 e. The first-order valence-electron chi connectivity index (χ1n) is 10.3. The molecule has 0 aromatic heterocycles. The zero-order valence-corrected chi connectivity index (χ0v) is 18.3. The van der Waals surface area contributed by atoms with Gasteiger partial charge in [-0.25, -0.2) is 0 Å². The highest BCUT2D eigenvalue weighted by molar-refractivity contribution is 7.99. The van der Waals surface area contributed by atoms with E-state index in [-0.39, 0.29) is 12.5 Å². The summed E-state index contributed by atoms with van der Waals surface area (Å²) in [6, 6.07) is 14.2. The molecular formula is C23H26F2N2O3S. The van der Waals surface area contributed by atoms with Crippen molar-refractivity contribution >= 4 is 17.7 Å². The lowest BCUT2D eigenvalue weighted by molar-refractivity contribution is -0.150. The average Bonchev–Trinajstić information content (AvgIpc) is 2.71. The number of carbonyl (C=O) groups is 1. The molecule has 166 valence electrons. The lowest BCUT2D eigenvalue weighted by atomic mass is 9.85. The predicted molar refractivity (Wildman–Crippen MR) is 115 cm³/mol. The smallest absolute Gasteiger partial charge is 0.288 e. The monoisotopic (exact) mass is 448 g/mol. The number of halogens is 2. The zero-order chi connectivity index (χ0) is 22.2. The molecule has 0 spiro atoms. The van der Waals surface area contributed by atoms with E-state index in [1.165, 1.54) is 0 Å². The third-order valence-electron chi connectivity index (χ3n) is 5.83. The van der Waals surface area contributed by atoms with Crippen LogP contribution in [0.25, 0.3) is 0 Å². The van der Waals surface area contributed by atoms with E-state index in [2.05, 4.69) is 4.90 Å². The fraction of sp³-hybridized carbons (Fsp3) is 0.435. The molecule has 31 heavy (non-hydrogen) atoms. The van der Waals surface area contributed by atoms with Gasteiger partial charge in [0.05, 0.1) is 12.6 Å². The van der Waals surface area contributed by atoms with Crippen LogP contribution in [0.15, 0.2) is 53.4 Å². The maximum atomic E-state index is 13.1. The Labute approximate surface area is 185 Å². The maximum Gasteiger partial charge on any atom is 0.288 e. The van der Waals surface area contributed by atoms with Crippen LogP contribution in [0.4, 0.5) is 8.78 Å². The number of benzene rings is 2. The number of hydrogen-bond acceptors (Lipinski definition) is 5. The predicted octanol–water partition coefficient (Wildman–Crippen LogP) is 3.92. The van der Waals surface area contributed by atoms with Gasteiger partial charge in [0.15, 0.2) is 0 Å². The molecule has 8 heteroatoms. The summed E-state index contributed by atoms with van der Waals surface area (Å²) in [4.78, 5) is 17.3. The quantitative estimate of drug-likeness (QED) is 0.703. The molecular weight excluding hydrogens is 422 g/mol. The van der Waals surface area contributed by atoms with E-state index < -0.39 is 23.5 Å². The number of aliphatic hydroxyl groups excluding tert-OH is 1. The molecule has 0 aliphatic carbocycles. The van der Waals surface area contributed by atoms with Crippen molar-refractivity contribution in [2.45, 2.75) is 48.8 Å². The van der Waals surface area contributed by atoms with Crippen molar-refractivity contribution in [3.05, 3.63) is 59.7 Å². The molecule has 1 N–H and O–H groups in total. The molecule has 2 aliphatic heterocycles. The minimum atomic E-state index is -2.55. The van der Waals surface area contributed by atoms with Gasteiger partial charge in [-0.05, 0) is 37.6 Å². The van der Waals surface area contributed by atoms with Crippen molar-refractivity contribution in [2.75, 3.05) is 19.6 Å². The highest BCUT2D eigenvalue weighted by Crippen LogP contribution is 2.45. The minimum Gasteiger partial charge on any atom is -0.485 e. The second kappa shape index (κ2) is 8.76. The number of piperazine rings is 1. The summed E-state index contributed by atoms with van der Waals surface area (Å²) in [6.45, 7) is 5.55. The Bertz CT molecular complexity index is 942. The van der Waals surface area contributed by atoms with Crippen LogP contribution in [0.2, 0.25) is 0 Å². The minimum absolute atomic E-state index is 0.0956. The van der Waals surface area contributed by atoms with Gasteiger partial charge in [-0.3, -0.25) is 9.69 Å². The highest BCUT2D eigenvalue weighted by Gasteiger charge is 2.47. The van der Waals surface area contributed by atoms with Crippen LogP contribution in [0, 0.1) is 0 Å². The number of carbonyl (C=O) groups excluding carboxylic acids is 1. The van der Waals surface area contributed by atoms with Gasteiger partial charge in [0.2, 0.25) is 5.91 Å². The van der Waals surface area contributed by atoms with Crippen LogP contribution in [0.1, 0.15) is 31.0 Å². The van der Waals surface area contributed by atoms with E-state index in [4.69, 9.17) is 4.74 Å². The Balaban J connectivity index is 1.58. The lowest BCUT2D eigenvalue weighted by Gasteiger charge is -2.48. The van der Waals surface area contributed by atoms with Crippen LogP contribution in [0.5, 0.6) is 5.75 Å². The molecule has 1 saturated heterocycles. The first kappa shape index (κ1) is 22.0. The molecule has 1 amide bonds. The number of amides is 1. The average molecular weight is 449 g/mol. The van der Waals surface area contributed by atoms with Gasteiger partial charge in [0, 0.05) is 30.1 Å². The summed E-state index contributed by atoms with van der Waals surface area (Å²) in [5.74, 6) is -2.13. The fourth-order valence-corrected chi connectivity index (χ4v) is 4.81. The van der Waals surface area contributed by atoms with Gasteiger partial charge < -0.3 is 14.7 Å². The Morgan fingerprint density at radius 3 is 2.61 bits per heavy atom. The van der Waals surface area contributed by atoms with E-state index >= 15 is 0 Å². The SMILES string of the molecule is CC1(C)Oc2ccc(SC(F)F)cc2C(N2CCN(Cc3ccccc3)CC2=O)C1O. The van der Waals surface area contributed by atoms with Crippen molar-refractivity contribution < 1.29 is 23.4 Å². The Morgan fingerprint density at radius 1 is 1.19 bits per heavy atom. The van der Waals surface area contributed by atoms with Gasteiger partial charge in [0.25, 0.3) is 5.76 Å². The van der Waals surface area contributed by atoms with E-state index in [0.717, 1.165) is 5.56 Å². The van der Waals surface area contributed by atoms with Crippen molar-refractivity contribution in [3.8, 4) is 5.75 Å². The molecule has 2 heterocycles. The molecule has 5 nitrogen and oxygen atoms in total. The highest BCUT2D eigenvalue weighted by atomic mass is 32.2. The molecule has 0 bridgehead atoms. The van der Waals surface area contributed by atoms with Gasteiger partial charge in [-0.1, -0.05) is 42.1 Å². The van der Waals surface area contributed by atoms with Crippen molar-refractivity contribution in [1.29, 1.82) is 0 Å². The number of nitrogens with zero attached hydrogens (tertiary/aromatic N) is 2. The summed E-state index contributed by atoms with van der Waals surface area (Å²) < 4.78 is 31.8. The molecule has 2 aliphatic rings. The van der Waals surface area contributed by atoms with Crippen molar-refractivity contribution in [1.82, 2.24) is 9.80 Å². The summed E-state index contributed by atoms with van der Waals surface area (Å²) in [5.41, 5.74) is 0.786. The Hall–Kier alpha value is -2.16. The molecule has 0 saturated carbocycles. The number of hydrogen-bond donors (Lipinski definition) is 1. The molecule has 2 aromatic carbocycles. The number of ether oxygens (including phenoxy) is 1. The number of rotatable bonds is 5. The first-order chi connectivity index (χ1) is 14.7. The summed E-state index contributed by atoms with van der Waals surface area (Å²) >= 11 is 0.441. The number of fused-ring (bicyclic) bond motifs is 1. The van der Waals surface area contributed by atoms with Crippen molar-refractivity contribution in [2.24, 2.45) is 0 Å². The topological polar surface area (TPSA) is 53.0 Å². The van der Waals surface area contributed by atoms with Gasteiger partial charge >= 0.3 is 0 Å². The molecule has 4 rings (SSSR count). The fourth-order valence-electron chi connectivity index (χ4n) is 4.26. The first-order valence-corrected chi connectivity index (χ1v) is 11.1. The number of alkyl halides is 2. The van der Waals surface area contributed by atoms with Crippen LogP contribution < -0.4 is 4.74 Å². The van der Waals surface area contributed by atoms with Crippen LogP contribution in [-0.2, 0) is 11.3 Å². The summed E-state index contributed by atoms with van der Waals surface area (Å²) in [7, 11) is 0. The lowest BCUT2D eigenvalue weighted by Crippen LogP contribution is -2.59. The molecule has 2 atom stereocenters. The molecule has 2 aromatic rings. The molecule has 2 unspecified atom stereocenters. The van der Waals surface area contributed by atoms with E-state index in [9.17, 15) is 18.7 Å².